The second-order valence-corrected chi connectivity index (χ2v) is 13.8. The number of nitrogens with one attached hydrogen (secondary N) is 1. The van der Waals surface area contributed by atoms with E-state index in [1.807, 2.05) is 45.0 Å². The monoisotopic (exact) mass is 623 g/mol. The van der Waals surface area contributed by atoms with Crippen LogP contribution in [0.25, 0.3) is 0 Å². The number of hydrogen-bond acceptors (Lipinski definition) is 4. The molecule has 7 nitrogen and oxygen atoms in total. The van der Waals surface area contributed by atoms with E-state index in [0.29, 0.717) is 22.7 Å². The number of aryl methyl sites for hydroxylation is 3. The first kappa shape index (κ1) is 32.6. The first-order chi connectivity index (χ1) is 20.5. The number of rotatable bonds is 11. The van der Waals surface area contributed by atoms with Gasteiger partial charge in [-0.25, -0.2) is 8.42 Å². The molecule has 1 N–H and O–H groups in total. The predicted octanol–water partition coefficient (Wildman–Crippen LogP) is 6.72. The van der Waals surface area contributed by atoms with Crippen molar-refractivity contribution in [3.63, 3.8) is 0 Å². The van der Waals surface area contributed by atoms with E-state index in [1.54, 1.807) is 49.4 Å². The lowest BCUT2D eigenvalue weighted by molar-refractivity contribution is -0.140. The molecule has 0 aromatic heterocycles. The van der Waals surface area contributed by atoms with Crippen LogP contribution >= 0.6 is 11.6 Å². The van der Waals surface area contributed by atoms with E-state index in [0.717, 1.165) is 53.1 Å². The SMILES string of the molecule is CCC(C(=O)NC1CCCCC1)N(Cc1cccc(C)c1)C(=O)CN(c1ccc(Cl)cc1C)S(=O)(=O)c1ccc(C)cc1. The Morgan fingerprint density at radius 2 is 1.63 bits per heavy atom. The van der Waals surface area contributed by atoms with Crippen LogP contribution in [0.1, 0.15) is 67.7 Å². The van der Waals surface area contributed by atoms with E-state index >= 15 is 0 Å². The molecule has 9 heteroatoms. The molecule has 43 heavy (non-hydrogen) atoms. The summed E-state index contributed by atoms with van der Waals surface area (Å²) in [7, 11) is -4.15. The van der Waals surface area contributed by atoms with E-state index in [-0.39, 0.29) is 23.4 Å². The van der Waals surface area contributed by atoms with Crippen LogP contribution in [-0.4, -0.2) is 43.8 Å². The maximum absolute atomic E-state index is 14.3. The molecule has 4 rings (SSSR count). The molecule has 0 saturated heterocycles. The van der Waals surface area contributed by atoms with Crippen molar-refractivity contribution in [2.24, 2.45) is 0 Å². The van der Waals surface area contributed by atoms with Gasteiger partial charge in [0, 0.05) is 17.6 Å². The average Bonchev–Trinajstić information content (AvgIpc) is 2.97. The standard InChI is InChI=1S/C34H42ClN3O4S/c1-5-31(34(40)36-29-12-7-6-8-13-29)37(22-27-11-9-10-25(3)20-27)33(39)23-38(32-19-16-28(35)21-26(32)4)43(41,42)30-17-14-24(2)15-18-30/h9-11,14-21,29,31H,5-8,12-13,22-23H2,1-4H3,(H,36,40). The molecule has 3 aromatic carbocycles. The Morgan fingerprint density at radius 1 is 0.930 bits per heavy atom. The third-order valence-corrected chi connectivity index (χ3v) is 10.1. The zero-order valence-corrected chi connectivity index (χ0v) is 27.0. The maximum atomic E-state index is 14.3. The predicted molar refractivity (Wildman–Crippen MR) is 173 cm³/mol. The van der Waals surface area contributed by atoms with Crippen molar-refractivity contribution < 1.29 is 18.0 Å². The first-order valence-electron chi connectivity index (χ1n) is 15.0. The van der Waals surface area contributed by atoms with Gasteiger partial charge in [0.05, 0.1) is 10.6 Å². The van der Waals surface area contributed by atoms with E-state index in [9.17, 15) is 18.0 Å². The fourth-order valence-corrected chi connectivity index (χ4v) is 7.43. The number of nitrogens with zero attached hydrogens (tertiary/aromatic N) is 2. The van der Waals surface area contributed by atoms with Crippen LogP contribution in [0.4, 0.5) is 5.69 Å². The van der Waals surface area contributed by atoms with Gasteiger partial charge in [-0.1, -0.05) is 85.3 Å². The molecule has 0 spiro atoms. The number of halogens is 1. The quantitative estimate of drug-likeness (QED) is 0.257. The number of amides is 2. The summed E-state index contributed by atoms with van der Waals surface area (Å²) < 4.78 is 29.4. The number of carbonyl (C=O) groups excluding carboxylic acids is 2. The third kappa shape index (κ3) is 8.18. The van der Waals surface area contributed by atoms with Gasteiger partial charge in [-0.15, -0.1) is 0 Å². The normalized spacial score (nSPS) is 14.6. The van der Waals surface area contributed by atoms with Crippen molar-refractivity contribution in [3.8, 4) is 0 Å². The zero-order valence-electron chi connectivity index (χ0n) is 25.5. The highest BCUT2D eigenvalue weighted by Crippen LogP contribution is 2.30. The number of hydrogen-bond donors (Lipinski definition) is 1. The average molecular weight is 624 g/mol. The molecule has 1 saturated carbocycles. The molecule has 1 aliphatic rings. The van der Waals surface area contributed by atoms with Crippen LogP contribution in [0.5, 0.6) is 0 Å². The summed E-state index contributed by atoms with van der Waals surface area (Å²) in [5.74, 6) is -0.664. The third-order valence-electron chi connectivity index (χ3n) is 8.09. The Bertz CT molecular complexity index is 1540. The topological polar surface area (TPSA) is 86.8 Å². The van der Waals surface area contributed by atoms with E-state index in [4.69, 9.17) is 11.6 Å². The molecule has 1 unspecified atom stereocenters. The van der Waals surface area contributed by atoms with Gasteiger partial charge in [-0.05, 0) is 81.5 Å². The molecule has 1 aliphatic carbocycles. The molecule has 230 valence electrons. The van der Waals surface area contributed by atoms with E-state index < -0.39 is 28.5 Å². The minimum absolute atomic E-state index is 0.0765. The lowest BCUT2D eigenvalue weighted by atomic mass is 9.95. The van der Waals surface area contributed by atoms with Crippen LogP contribution in [-0.2, 0) is 26.2 Å². The summed E-state index contributed by atoms with van der Waals surface area (Å²) in [5, 5.41) is 3.65. The molecule has 1 atom stereocenters. The molecular weight excluding hydrogens is 582 g/mol. The molecule has 3 aromatic rings. The molecule has 0 heterocycles. The van der Waals surface area contributed by atoms with Crippen molar-refractivity contribution in [1.29, 1.82) is 0 Å². The van der Waals surface area contributed by atoms with Gasteiger partial charge in [0.2, 0.25) is 11.8 Å². The first-order valence-corrected chi connectivity index (χ1v) is 16.8. The Labute approximate surface area is 261 Å². The Morgan fingerprint density at radius 3 is 2.26 bits per heavy atom. The van der Waals surface area contributed by atoms with Crippen LogP contribution in [0.15, 0.2) is 71.6 Å². The van der Waals surface area contributed by atoms with Gasteiger partial charge in [0.25, 0.3) is 10.0 Å². The van der Waals surface area contributed by atoms with E-state index in [2.05, 4.69) is 5.32 Å². The maximum Gasteiger partial charge on any atom is 0.264 e. The highest BCUT2D eigenvalue weighted by Gasteiger charge is 2.35. The highest BCUT2D eigenvalue weighted by molar-refractivity contribution is 7.92. The van der Waals surface area contributed by atoms with Crippen molar-refractivity contribution in [1.82, 2.24) is 10.2 Å². The summed E-state index contributed by atoms with van der Waals surface area (Å²) in [6.07, 6.45) is 5.54. The van der Waals surface area contributed by atoms with Crippen LogP contribution in [0, 0.1) is 20.8 Å². The fourth-order valence-electron chi connectivity index (χ4n) is 5.72. The Kier molecular flexibility index (Phi) is 10.9. The van der Waals surface area contributed by atoms with Gasteiger partial charge >= 0.3 is 0 Å². The van der Waals surface area contributed by atoms with Crippen LogP contribution in [0.3, 0.4) is 0 Å². The van der Waals surface area contributed by atoms with E-state index in [1.165, 1.54) is 4.90 Å². The summed E-state index contributed by atoms with van der Waals surface area (Å²) in [6.45, 7) is 7.20. The number of sulfonamides is 1. The minimum atomic E-state index is -4.15. The molecule has 0 aliphatic heterocycles. The van der Waals surface area contributed by atoms with Crippen molar-refractivity contribution in [2.45, 2.75) is 89.7 Å². The molecule has 2 amide bonds. The molecule has 1 fully saturated rings. The highest BCUT2D eigenvalue weighted by atomic mass is 35.5. The van der Waals surface area contributed by atoms with Crippen LogP contribution in [0.2, 0.25) is 5.02 Å². The lowest BCUT2D eigenvalue weighted by Gasteiger charge is -2.35. The second kappa shape index (κ2) is 14.4. The van der Waals surface area contributed by atoms with Gasteiger partial charge < -0.3 is 10.2 Å². The van der Waals surface area contributed by atoms with Gasteiger partial charge in [-0.3, -0.25) is 13.9 Å². The molecule has 0 radical (unpaired) electrons. The van der Waals surface area contributed by atoms with Gasteiger partial charge in [0.1, 0.15) is 12.6 Å². The second-order valence-electron chi connectivity index (χ2n) is 11.5. The number of benzene rings is 3. The minimum Gasteiger partial charge on any atom is -0.352 e. The Hall–Kier alpha value is -3.36. The Balaban J connectivity index is 1.73. The summed E-state index contributed by atoms with van der Waals surface area (Å²) in [4.78, 5) is 29.6. The zero-order chi connectivity index (χ0) is 31.1. The van der Waals surface area contributed by atoms with Gasteiger partial charge in [-0.2, -0.15) is 0 Å². The number of anilines is 1. The lowest BCUT2D eigenvalue weighted by Crippen LogP contribution is -2.54. The fraction of sp³-hybridized carbons (Fsp3) is 0.412. The smallest absolute Gasteiger partial charge is 0.264 e. The largest absolute Gasteiger partial charge is 0.352 e. The van der Waals surface area contributed by atoms with Gasteiger partial charge in [0.15, 0.2) is 0 Å². The molecule has 0 bridgehead atoms. The van der Waals surface area contributed by atoms with Crippen molar-refractivity contribution >= 4 is 39.1 Å². The van der Waals surface area contributed by atoms with Crippen LogP contribution < -0.4 is 9.62 Å². The summed E-state index contributed by atoms with van der Waals surface area (Å²) in [5.41, 5.74) is 3.79. The molecular formula is C34H42ClN3O4S. The number of carbonyl (C=O) groups is 2. The van der Waals surface area contributed by atoms with Crippen molar-refractivity contribution in [3.05, 3.63) is 94.0 Å². The van der Waals surface area contributed by atoms with Crippen molar-refractivity contribution in [2.75, 3.05) is 10.8 Å². The summed E-state index contributed by atoms with van der Waals surface area (Å²) in [6, 6.07) is 18.6. The summed E-state index contributed by atoms with van der Waals surface area (Å²) >= 11 is 6.22.